The van der Waals surface area contributed by atoms with E-state index < -0.39 is 0 Å². The lowest BCUT2D eigenvalue weighted by atomic mass is 9.97. The summed E-state index contributed by atoms with van der Waals surface area (Å²) in [6.45, 7) is 5.46. The molecule has 3 atom stereocenters. The van der Waals surface area contributed by atoms with E-state index >= 15 is 0 Å². The van der Waals surface area contributed by atoms with Gasteiger partial charge in [-0.2, -0.15) is 0 Å². The highest BCUT2D eigenvalue weighted by Gasteiger charge is 2.33. The van der Waals surface area contributed by atoms with E-state index in [1.807, 2.05) is 18.3 Å². The number of benzene rings is 1. The molecular weight excluding hydrogens is 306 g/mol. The molecule has 120 valence electrons. The highest BCUT2D eigenvalue weighted by Crippen LogP contribution is 2.30. The normalized spacial score (nSPS) is 26.2. The maximum absolute atomic E-state index is 12.5. The number of thiazole rings is 1. The van der Waals surface area contributed by atoms with E-state index in [4.69, 9.17) is 0 Å². The first-order valence-corrected chi connectivity index (χ1v) is 9.06. The quantitative estimate of drug-likeness (QED) is 0.943. The van der Waals surface area contributed by atoms with Crippen LogP contribution in [0.5, 0.6) is 0 Å². The molecule has 0 radical (unpaired) electrons. The molecule has 1 amide bonds. The predicted octanol–water partition coefficient (Wildman–Crippen LogP) is 2.94. The summed E-state index contributed by atoms with van der Waals surface area (Å²) in [5, 5.41) is 3.75. The highest BCUT2D eigenvalue weighted by atomic mass is 32.1. The second-order valence-electron chi connectivity index (χ2n) is 6.66. The van der Waals surface area contributed by atoms with Crippen LogP contribution in [-0.4, -0.2) is 41.5 Å². The van der Waals surface area contributed by atoms with Crippen molar-refractivity contribution in [1.29, 1.82) is 0 Å². The van der Waals surface area contributed by atoms with Gasteiger partial charge in [0.05, 0.1) is 4.88 Å². The maximum Gasteiger partial charge on any atom is 0.280 e. The molecule has 1 N–H and O–H groups in total. The lowest BCUT2D eigenvalue weighted by molar-refractivity contribution is 0.0909. The van der Waals surface area contributed by atoms with Crippen molar-refractivity contribution in [3.63, 3.8) is 0 Å². The van der Waals surface area contributed by atoms with Gasteiger partial charge in [-0.1, -0.05) is 24.3 Å². The standard InChI is InChI=1S/C18H21N3OS/c1-12-4-2-3-5-15(12)16-9-19-18(23-16)17(22)20-14-8-13-6-7-21(10-13)11-14/h2-5,9,13-14H,6-8,10-11H2,1H3,(H,20,22)/t13-,14-/m1/s1. The van der Waals surface area contributed by atoms with Crippen LogP contribution in [0.15, 0.2) is 30.5 Å². The van der Waals surface area contributed by atoms with Crippen molar-refractivity contribution < 1.29 is 4.79 Å². The van der Waals surface area contributed by atoms with E-state index in [9.17, 15) is 4.79 Å². The van der Waals surface area contributed by atoms with Gasteiger partial charge in [-0.15, -0.1) is 11.3 Å². The predicted molar refractivity (Wildman–Crippen MR) is 92.7 cm³/mol. The van der Waals surface area contributed by atoms with Crippen LogP contribution in [0.3, 0.4) is 0 Å². The maximum atomic E-state index is 12.5. The Morgan fingerprint density at radius 3 is 3.04 bits per heavy atom. The van der Waals surface area contributed by atoms with Crippen LogP contribution in [0.2, 0.25) is 0 Å². The molecule has 2 saturated heterocycles. The average Bonchev–Trinajstić information content (AvgIpc) is 3.15. The summed E-state index contributed by atoms with van der Waals surface area (Å²) in [7, 11) is 0. The number of amides is 1. The summed E-state index contributed by atoms with van der Waals surface area (Å²) < 4.78 is 0. The monoisotopic (exact) mass is 327 g/mol. The molecule has 2 aliphatic heterocycles. The molecular formula is C18H21N3OS. The third kappa shape index (κ3) is 3.03. The number of aromatic nitrogens is 1. The zero-order valence-electron chi connectivity index (χ0n) is 13.3. The van der Waals surface area contributed by atoms with Gasteiger partial charge in [0.15, 0.2) is 5.01 Å². The zero-order valence-corrected chi connectivity index (χ0v) is 14.1. The van der Waals surface area contributed by atoms with Crippen molar-refractivity contribution in [2.75, 3.05) is 19.6 Å². The Hall–Kier alpha value is -1.72. The third-order valence-electron chi connectivity index (χ3n) is 4.91. The van der Waals surface area contributed by atoms with Crippen LogP contribution in [0.1, 0.15) is 28.2 Å². The molecule has 0 saturated carbocycles. The molecule has 2 aromatic rings. The van der Waals surface area contributed by atoms with Gasteiger partial charge in [0.1, 0.15) is 0 Å². The van der Waals surface area contributed by atoms with Gasteiger partial charge in [-0.05, 0) is 43.4 Å². The van der Waals surface area contributed by atoms with Gasteiger partial charge in [-0.25, -0.2) is 4.98 Å². The van der Waals surface area contributed by atoms with E-state index in [2.05, 4.69) is 34.3 Å². The number of rotatable bonds is 3. The first-order chi connectivity index (χ1) is 11.2. The van der Waals surface area contributed by atoms with Crippen LogP contribution in [-0.2, 0) is 0 Å². The van der Waals surface area contributed by atoms with Gasteiger partial charge in [0, 0.05) is 25.3 Å². The van der Waals surface area contributed by atoms with E-state index in [-0.39, 0.29) is 11.9 Å². The van der Waals surface area contributed by atoms with Crippen LogP contribution in [0, 0.1) is 12.8 Å². The zero-order chi connectivity index (χ0) is 15.8. The van der Waals surface area contributed by atoms with Crippen molar-refractivity contribution in [3.05, 3.63) is 41.0 Å². The van der Waals surface area contributed by atoms with E-state index in [1.165, 1.54) is 36.4 Å². The smallest absolute Gasteiger partial charge is 0.280 e. The number of nitrogens with one attached hydrogen (secondary N) is 1. The number of hydrogen-bond donors (Lipinski definition) is 1. The summed E-state index contributed by atoms with van der Waals surface area (Å²) >= 11 is 1.48. The highest BCUT2D eigenvalue weighted by molar-refractivity contribution is 7.17. The van der Waals surface area contributed by atoms with Crippen LogP contribution in [0.4, 0.5) is 0 Å². The molecule has 2 aliphatic rings. The van der Waals surface area contributed by atoms with Crippen molar-refractivity contribution in [2.24, 2.45) is 5.92 Å². The van der Waals surface area contributed by atoms with Gasteiger partial charge in [0.2, 0.25) is 0 Å². The number of nitrogens with zero attached hydrogens (tertiary/aromatic N) is 2. The minimum Gasteiger partial charge on any atom is -0.346 e. The average molecular weight is 327 g/mol. The molecule has 0 aliphatic carbocycles. The summed E-state index contributed by atoms with van der Waals surface area (Å²) in [5.41, 5.74) is 2.37. The summed E-state index contributed by atoms with van der Waals surface area (Å²) in [6, 6.07) is 8.49. The Balaban J connectivity index is 1.46. The molecule has 4 nitrogen and oxygen atoms in total. The molecule has 1 aromatic carbocycles. The van der Waals surface area contributed by atoms with Gasteiger partial charge in [0.25, 0.3) is 5.91 Å². The molecule has 2 bridgehead atoms. The lowest BCUT2D eigenvalue weighted by Crippen LogP contribution is -2.46. The minimum atomic E-state index is -0.0256. The Morgan fingerprint density at radius 1 is 1.35 bits per heavy atom. The summed E-state index contributed by atoms with van der Waals surface area (Å²) in [6.07, 6.45) is 4.20. The molecule has 0 spiro atoms. The Labute approximate surface area is 140 Å². The Morgan fingerprint density at radius 2 is 2.22 bits per heavy atom. The number of hydrogen-bond acceptors (Lipinski definition) is 4. The summed E-state index contributed by atoms with van der Waals surface area (Å²) in [4.78, 5) is 20.4. The number of aryl methyl sites for hydroxylation is 1. The molecule has 5 heteroatoms. The minimum absolute atomic E-state index is 0.0256. The largest absolute Gasteiger partial charge is 0.346 e. The summed E-state index contributed by atoms with van der Waals surface area (Å²) in [5.74, 6) is 0.732. The second-order valence-corrected chi connectivity index (χ2v) is 7.70. The molecule has 23 heavy (non-hydrogen) atoms. The first-order valence-electron chi connectivity index (χ1n) is 8.24. The van der Waals surface area contributed by atoms with E-state index in [0.717, 1.165) is 29.3 Å². The van der Waals surface area contributed by atoms with E-state index in [1.54, 1.807) is 0 Å². The van der Waals surface area contributed by atoms with Crippen LogP contribution >= 0.6 is 11.3 Å². The van der Waals surface area contributed by atoms with Gasteiger partial charge in [-0.3, -0.25) is 4.79 Å². The van der Waals surface area contributed by atoms with Crippen molar-refractivity contribution >= 4 is 17.2 Å². The topological polar surface area (TPSA) is 45.2 Å². The van der Waals surface area contributed by atoms with Gasteiger partial charge >= 0.3 is 0 Å². The number of carbonyl (C=O) groups excluding carboxylic acids is 1. The fraction of sp³-hybridized carbons (Fsp3) is 0.444. The Bertz CT molecular complexity index is 715. The number of carbonyl (C=O) groups is 1. The molecule has 3 heterocycles. The molecule has 1 aromatic heterocycles. The number of piperidine rings is 1. The SMILES string of the molecule is Cc1ccccc1-c1cnc(C(=O)N[C@@H]2C[C@H]3CCN(C3)C2)s1. The molecule has 4 rings (SSSR count). The third-order valence-corrected chi connectivity index (χ3v) is 5.94. The van der Waals surface area contributed by atoms with Crippen LogP contribution in [0.25, 0.3) is 10.4 Å². The van der Waals surface area contributed by atoms with Gasteiger partial charge < -0.3 is 10.2 Å². The lowest BCUT2D eigenvalue weighted by Gasteiger charge is -2.30. The van der Waals surface area contributed by atoms with Crippen molar-refractivity contribution in [3.8, 4) is 10.4 Å². The number of fused-ring (bicyclic) bond motifs is 2. The fourth-order valence-electron chi connectivity index (χ4n) is 3.76. The first kappa shape index (κ1) is 14.8. The van der Waals surface area contributed by atoms with Crippen molar-refractivity contribution in [2.45, 2.75) is 25.8 Å². The fourth-order valence-corrected chi connectivity index (χ4v) is 4.67. The molecule has 1 unspecified atom stereocenters. The van der Waals surface area contributed by atoms with Crippen LogP contribution < -0.4 is 5.32 Å². The Kier molecular flexibility index (Phi) is 3.91. The van der Waals surface area contributed by atoms with Crippen molar-refractivity contribution in [1.82, 2.24) is 15.2 Å². The molecule has 2 fully saturated rings. The second kappa shape index (κ2) is 6.06. The van der Waals surface area contributed by atoms with E-state index in [0.29, 0.717) is 5.01 Å².